The summed E-state index contributed by atoms with van der Waals surface area (Å²) >= 11 is 11.8. The zero-order chi connectivity index (χ0) is 12.1. The Bertz CT molecular complexity index is 385. The van der Waals surface area contributed by atoms with E-state index in [1.807, 2.05) is 13.0 Å². The van der Waals surface area contributed by atoms with Gasteiger partial charge in [-0.1, -0.05) is 29.3 Å². The Balaban J connectivity index is 0.00000256. The SMILES string of the molecule is CC(Cc1ccc(Cl)cc1Cl)NC(=O)CN.Cl. The summed E-state index contributed by atoms with van der Waals surface area (Å²) in [4.78, 5) is 11.1. The third-order valence-corrected chi connectivity index (χ3v) is 2.72. The molecule has 1 rings (SSSR count). The van der Waals surface area contributed by atoms with Crippen LogP contribution in [0.5, 0.6) is 0 Å². The van der Waals surface area contributed by atoms with Crippen LogP contribution in [0.2, 0.25) is 10.0 Å². The Hall–Kier alpha value is -0.480. The van der Waals surface area contributed by atoms with Gasteiger partial charge in [-0.3, -0.25) is 4.79 Å². The number of hydrogen-bond donors (Lipinski definition) is 2. The second kappa shape index (κ2) is 7.77. The molecule has 0 aromatic heterocycles. The molecule has 1 aromatic carbocycles. The van der Waals surface area contributed by atoms with E-state index in [9.17, 15) is 4.79 Å². The van der Waals surface area contributed by atoms with Crippen LogP contribution in [0.3, 0.4) is 0 Å². The van der Waals surface area contributed by atoms with Gasteiger partial charge >= 0.3 is 0 Å². The summed E-state index contributed by atoms with van der Waals surface area (Å²) in [5.41, 5.74) is 6.16. The molecule has 0 bridgehead atoms. The molecule has 0 spiro atoms. The van der Waals surface area contributed by atoms with Crippen molar-refractivity contribution in [2.24, 2.45) is 5.73 Å². The molecule has 1 aromatic rings. The maximum absolute atomic E-state index is 11.1. The van der Waals surface area contributed by atoms with Gasteiger partial charge in [-0.15, -0.1) is 12.4 Å². The smallest absolute Gasteiger partial charge is 0.233 e. The third-order valence-electron chi connectivity index (χ3n) is 2.13. The van der Waals surface area contributed by atoms with Gasteiger partial charge in [-0.2, -0.15) is 0 Å². The van der Waals surface area contributed by atoms with Crippen LogP contribution in [0.1, 0.15) is 12.5 Å². The van der Waals surface area contributed by atoms with Crippen LogP contribution in [-0.2, 0) is 11.2 Å². The molecule has 0 aliphatic heterocycles. The summed E-state index contributed by atoms with van der Waals surface area (Å²) in [5.74, 6) is -0.169. The molecular weight excluding hydrogens is 282 g/mol. The number of rotatable bonds is 4. The molecule has 6 heteroatoms. The summed E-state index contributed by atoms with van der Waals surface area (Å²) in [5, 5.41) is 3.98. The van der Waals surface area contributed by atoms with Gasteiger partial charge in [-0.25, -0.2) is 0 Å². The fourth-order valence-corrected chi connectivity index (χ4v) is 1.89. The van der Waals surface area contributed by atoms with Crippen molar-refractivity contribution < 1.29 is 4.79 Å². The molecular formula is C11H15Cl3N2O. The van der Waals surface area contributed by atoms with Crippen LogP contribution in [0.4, 0.5) is 0 Å². The van der Waals surface area contributed by atoms with Gasteiger partial charge < -0.3 is 11.1 Å². The van der Waals surface area contributed by atoms with Gasteiger partial charge in [0.05, 0.1) is 6.54 Å². The van der Waals surface area contributed by atoms with E-state index in [4.69, 9.17) is 28.9 Å². The highest BCUT2D eigenvalue weighted by Crippen LogP contribution is 2.21. The van der Waals surface area contributed by atoms with E-state index in [-0.39, 0.29) is 30.9 Å². The van der Waals surface area contributed by atoms with E-state index in [2.05, 4.69) is 5.32 Å². The van der Waals surface area contributed by atoms with Gasteiger partial charge in [0.1, 0.15) is 0 Å². The Morgan fingerprint density at radius 3 is 2.65 bits per heavy atom. The molecule has 1 unspecified atom stereocenters. The lowest BCUT2D eigenvalue weighted by molar-refractivity contribution is -0.120. The zero-order valence-corrected chi connectivity index (χ0v) is 11.7. The average Bonchev–Trinajstić information content (AvgIpc) is 2.22. The predicted molar refractivity (Wildman–Crippen MR) is 74.1 cm³/mol. The minimum absolute atomic E-state index is 0. The predicted octanol–water partition coefficient (Wildman–Crippen LogP) is 2.42. The molecule has 0 aliphatic rings. The summed E-state index contributed by atoms with van der Waals surface area (Å²) in [6.45, 7) is 1.90. The number of nitrogens with two attached hydrogens (primary N) is 1. The molecule has 17 heavy (non-hydrogen) atoms. The second-order valence-electron chi connectivity index (χ2n) is 3.61. The molecule has 3 N–H and O–H groups in total. The van der Waals surface area contributed by atoms with Crippen molar-refractivity contribution in [3.05, 3.63) is 33.8 Å². The molecule has 0 saturated heterocycles. The monoisotopic (exact) mass is 296 g/mol. The molecule has 0 aliphatic carbocycles. The standard InChI is InChI=1S/C11H14Cl2N2O.ClH/c1-7(15-11(16)6-14)4-8-2-3-9(12)5-10(8)13;/h2-3,5,7H,4,6,14H2,1H3,(H,15,16);1H. The summed E-state index contributed by atoms with van der Waals surface area (Å²) in [6.07, 6.45) is 0.655. The number of carbonyl (C=O) groups excluding carboxylic acids is 1. The summed E-state index contributed by atoms with van der Waals surface area (Å²) < 4.78 is 0. The Morgan fingerprint density at radius 2 is 2.12 bits per heavy atom. The number of hydrogen-bond acceptors (Lipinski definition) is 2. The fraction of sp³-hybridized carbons (Fsp3) is 0.364. The lowest BCUT2D eigenvalue weighted by atomic mass is 10.1. The molecule has 0 saturated carbocycles. The highest BCUT2D eigenvalue weighted by molar-refractivity contribution is 6.35. The number of halogens is 3. The van der Waals surface area contributed by atoms with Crippen molar-refractivity contribution in [2.75, 3.05) is 6.54 Å². The van der Waals surface area contributed by atoms with Gasteiger partial charge in [0.15, 0.2) is 0 Å². The first-order chi connectivity index (χ1) is 7.52. The minimum Gasteiger partial charge on any atom is -0.352 e. The van der Waals surface area contributed by atoms with Gasteiger partial charge in [-0.05, 0) is 31.0 Å². The van der Waals surface area contributed by atoms with Crippen LogP contribution in [0.25, 0.3) is 0 Å². The van der Waals surface area contributed by atoms with E-state index in [0.717, 1.165) is 5.56 Å². The maximum atomic E-state index is 11.1. The van der Waals surface area contributed by atoms with Crippen molar-refractivity contribution in [3.63, 3.8) is 0 Å². The van der Waals surface area contributed by atoms with Crippen LogP contribution in [-0.4, -0.2) is 18.5 Å². The van der Waals surface area contributed by atoms with E-state index in [1.54, 1.807) is 12.1 Å². The molecule has 0 radical (unpaired) electrons. The highest BCUT2D eigenvalue weighted by atomic mass is 35.5. The van der Waals surface area contributed by atoms with Gasteiger partial charge in [0, 0.05) is 16.1 Å². The molecule has 1 amide bonds. The quantitative estimate of drug-likeness (QED) is 0.897. The molecule has 0 heterocycles. The average molecular weight is 298 g/mol. The second-order valence-corrected chi connectivity index (χ2v) is 4.46. The third kappa shape index (κ3) is 5.59. The Morgan fingerprint density at radius 1 is 1.47 bits per heavy atom. The van der Waals surface area contributed by atoms with E-state index in [0.29, 0.717) is 16.5 Å². The van der Waals surface area contributed by atoms with E-state index in [1.165, 1.54) is 0 Å². The van der Waals surface area contributed by atoms with Crippen molar-refractivity contribution in [1.82, 2.24) is 5.32 Å². The highest BCUT2D eigenvalue weighted by Gasteiger charge is 2.09. The normalized spacial score (nSPS) is 11.5. The van der Waals surface area contributed by atoms with Crippen molar-refractivity contribution in [2.45, 2.75) is 19.4 Å². The first kappa shape index (κ1) is 16.5. The maximum Gasteiger partial charge on any atom is 0.233 e. The number of benzene rings is 1. The van der Waals surface area contributed by atoms with Crippen LogP contribution in [0.15, 0.2) is 18.2 Å². The molecule has 96 valence electrons. The lowest BCUT2D eigenvalue weighted by Gasteiger charge is -2.14. The van der Waals surface area contributed by atoms with E-state index >= 15 is 0 Å². The molecule has 0 fully saturated rings. The topological polar surface area (TPSA) is 55.1 Å². The van der Waals surface area contributed by atoms with Crippen molar-refractivity contribution in [1.29, 1.82) is 0 Å². The largest absolute Gasteiger partial charge is 0.352 e. The zero-order valence-electron chi connectivity index (χ0n) is 9.37. The van der Waals surface area contributed by atoms with Crippen molar-refractivity contribution >= 4 is 41.5 Å². The Labute approximate surface area is 117 Å². The van der Waals surface area contributed by atoms with Crippen LogP contribution < -0.4 is 11.1 Å². The van der Waals surface area contributed by atoms with Crippen LogP contribution >= 0.6 is 35.6 Å². The van der Waals surface area contributed by atoms with Crippen molar-refractivity contribution in [3.8, 4) is 0 Å². The number of carbonyl (C=O) groups is 1. The lowest BCUT2D eigenvalue weighted by Crippen LogP contribution is -2.38. The fourth-order valence-electron chi connectivity index (χ4n) is 1.40. The minimum atomic E-state index is -0.169. The molecule has 1 atom stereocenters. The first-order valence-corrected chi connectivity index (χ1v) is 5.72. The van der Waals surface area contributed by atoms with E-state index < -0.39 is 0 Å². The number of nitrogens with one attached hydrogen (secondary N) is 1. The number of amides is 1. The molecule has 3 nitrogen and oxygen atoms in total. The summed E-state index contributed by atoms with van der Waals surface area (Å²) in [7, 11) is 0. The first-order valence-electron chi connectivity index (χ1n) is 4.96. The van der Waals surface area contributed by atoms with Crippen LogP contribution in [0, 0.1) is 0 Å². The van der Waals surface area contributed by atoms with Gasteiger partial charge in [0.2, 0.25) is 5.91 Å². The summed E-state index contributed by atoms with van der Waals surface area (Å²) in [6, 6.07) is 5.32. The Kier molecular flexibility index (Phi) is 7.55. The van der Waals surface area contributed by atoms with Gasteiger partial charge in [0.25, 0.3) is 0 Å².